The third-order valence-electron chi connectivity index (χ3n) is 2.60. The van der Waals surface area contributed by atoms with E-state index in [-0.39, 0.29) is 29.7 Å². The Kier molecular flexibility index (Phi) is 4.39. The molecule has 0 saturated heterocycles. The molecular formula is C13H15N5O3. The van der Waals surface area contributed by atoms with Gasteiger partial charge in [-0.25, -0.2) is 4.79 Å². The maximum atomic E-state index is 11.9. The van der Waals surface area contributed by atoms with E-state index in [9.17, 15) is 9.59 Å². The number of nitrogens with zero attached hydrogens (tertiary/aromatic N) is 1. The van der Waals surface area contributed by atoms with E-state index >= 15 is 0 Å². The van der Waals surface area contributed by atoms with E-state index < -0.39 is 5.97 Å². The maximum Gasteiger partial charge on any atom is 0.345 e. The van der Waals surface area contributed by atoms with Gasteiger partial charge in [0.15, 0.2) is 5.82 Å². The van der Waals surface area contributed by atoms with Gasteiger partial charge in [0.1, 0.15) is 11.4 Å². The van der Waals surface area contributed by atoms with Crippen molar-refractivity contribution in [2.24, 2.45) is 0 Å². The summed E-state index contributed by atoms with van der Waals surface area (Å²) < 4.78 is 4.87. The van der Waals surface area contributed by atoms with Crippen molar-refractivity contribution in [1.29, 1.82) is 0 Å². The summed E-state index contributed by atoms with van der Waals surface area (Å²) >= 11 is 0. The molecule has 0 fully saturated rings. The molecule has 110 valence electrons. The molecule has 0 aliphatic carbocycles. The summed E-state index contributed by atoms with van der Waals surface area (Å²) in [5.41, 5.74) is 11.1. The van der Waals surface area contributed by atoms with Crippen LogP contribution in [0.2, 0.25) is 0 Å². The number of rotatable bonds is 5. The minimum atomic E-state index is -0.625. The van der Waals surface area contributed by atoms with E-state index in [0.717, 1.165) is 0 Å². The molecule has 0 spiro atoms. The summed E-state index contributed by atoms with van der Waals surface area (Å²) in [5, 5.41) is 6.26. The van der Waals surface area contributed by atoms with Gasteiger partial charge in [0.05, 0.1) is 6.61 Å². The lowest BCUT2D eigenvalue weighted by Crippen LogP contribution is -2.30. The molecule has 0 aliphatic rings. The number of amides is 1. The van der Waals surface area contributed by atoms with Crippen molar-refractivity contribution in [1.82, 2.24) is 15.6 Å². The fourth-order valence-corrected chi connectivity index (χ4v) is 1.63. The van der Waals surface area contributed by atoms with Crippen molar-refractivity contribution in [3.63, 3.8) is 0 Å². The Morgan fingerprint density at radius 2 is 2.05 bits per heavy atom. The number of H-pyrrole nitrogens is 1. The van der Waals surface area contributed by atoms with Gasteiger partial charge >= 0.3 is 5.97 Å². The fourth-order valence-electron chi connectivity index (χ4n) is 1.63. The summed E-state index contributed by atoms with van der Waals surface area (Å²) in [5.74, 6) is -0.840. The molecule has 8 heteroatoms. The van der Waals surface area contributed by atoms with Crippen molar-refractivity contribution < 1.29 is 14.3 Å². The van der Waals surface area contributed by atoms with Gasteiger partial charge in [-0.15, -0.1) is 0 Å². The van der Waals surface area contributed by atoms with Crippen LogP contribution in [0.5, 0.6) is 0 Å². The highest BCUT2D eigenvalue weighted by Crippen LogP contribution is 2.18. The number of nitrogens with one attached hydrogen (secondary N) is 3. The Morgan fingerprint density at radius 1 is 1.33 bits per heavy atom. The molecule has 5 N–H and O–H groups in total. The Labute approximate surface area is 120 Å². The minimum Gasteiger partial charge on any atom is -0.462 e. The zero-order valence-electron chi connectivity index (χ0n) is 11.3. The summed E-state index contributed by atoms with van der Waals surface area (Å²) in [6.45, 7) is 1.89. The molecule has 2 aromatic rings. The van der Waals surface area contributed by atoms with Crippen LogP contribution in [0.4, 0.5) is 11.6 Å². The van der Waals surface area contributed by atoms with Crippen LogP contribution in [0.1, 0.15) is 27.6 Å². The molecule has 1 heterocycles. The van der Waals surface area contributed by atoms with Gasteiger partial charge in [-0.2, -0.15) is 5.10 Å². The first-order chi connectivity index (χ1) is 10.1. The van der Waals surface area contributed by atoms with E-state index in [1.54, 1.807) is 37.3 Å². The van der Waals surface area contributed by atoms with Crippen molar-refractivity contribution in [3.8, 4) is 0 Å². The molecule has 0 radical (unpaired) electrons. The third kappa shape index (κ3) is 3.30. The van der Waals surface area contributed by atoms with Gasteiger partial charge in [-0.05, 0) is 19.1 Å². The van der Waals surface area contributed by atoms with Crippen LogP contribution in [0, 0.1) is 0 Å². The van der Waals surface area contributed by atoms with E-state index in [1.165, 1.54) is 0 Å². The van der Waals surface area contributed by atoms with E-state index in [4.69, 9.17) is 10.5 Å². The number of carbonyl (C=O) groups is 2. The number of benzene rings is 1. The lowest BCUT2D eigenvalue weighted by atomic mass is 10.2. The van der Waals surface area contributed by atoms with Crippen molar-refractivity contribution in [2.45, 2.75) is 6.92 Å². The zero-order valence-corrected chi connectivity index (χ0v) is 11.3. The molecule has 0 aliphatic heterocycles. The Bertz CT molecular complexity index is 639. The molecule has 1 amide bonds. The van der Waals surface area contributed by atoms with Crippen LogP contribution in [0.3, 0.4) is 0 Å². The number of aromatic nitrogens is 2. The molecule has 0 atom stereocenters. The van der Waals surface area contributed by atoms with Crippen molar-refractivity contribution in [3.05, 3.63) is 41.5 Å². The molecule has 2 rings (SSSR count). The summed E-state index contributed by atoms with van der Waals surface area (Å²) in [4.78, 5) is 23.6. The first kappa shape index (κ1) is 14.4. The zero-order chi connectivity index (χ0) is 15.2. The lowest BCUT2D eigenvalue weighted by molar-refractivity contribution is 0.0528. The third-order valence-corrected chi connectivity index (χ3v) is 2.60. The number of esters is 1. The van der Waals surface area contributed by atoms with Gasteiger partial charge < -0.3 is 10.5 Å². The van der Waals surface area contributed by atoms with E-state index in [2.05, 4.69) is 21.0 Å². The summed E-state index contributed by atoms with van der Waals surface area (Å²) in [6.07, 6.45) is 0. The van der Waals surface area contributed by atoms with Crippen LogP contribution in [-0.4, -0.2) is 28.7 Å². The number of hydrogen-bond donors (Lipinski definition) is 4. The smallest absolute Gasteiger partial charge is 0.345 e. The summed E-state index contributed by atoms with van der Waals surface area (Å²) in [6, 6.07) is 8.60. The molecule has 8 nitrogen and oxygen atoms in total. The number of aromatic amines is 1. The van der Waals surface area contributed by atoms with E-state index in [0.29, 0.717) is 5.56 Å². The van der Waals surface area contributed by atoms with Crippen molar-refractivity contribution in [2.75, 3.05) is 17.8 Å². The standard InChI is InChI=1S/C13H15N5O3/c1-2-21-13(20)9-10(14)15-16-11(9)17-18-12(19)8-6-4-3-5-7-8/h3-7H,2H2,1H3,(H,18,19)(H4,14,15,16,17). The molecule has 0 saturated carbocycles. The number of anilines is 2. The second-order valence-electron chi connectivity index (χ2n) is 4.03. The number of hydrazine groups is 1. The number of ether oxygens (including phenoxy) is 1. The highest BCUT2D eigenvalue weighted by atomic mass is 16.5. The predicted octanol–water partition coefficient (Wildman–Crippen LogP) is 0.925. The number of hydrogen-bond acceptors (Lipinski definition) is 6. The highest BCUT2D eigenvalue weighted by Gasteiger charge is 2.20. The van der Waals surface area contributed by atoms with Gasteiger partial charge in [0.2, 0.25) is 0 Å². The quantitative estimate of drug-likeness (QED) is 0.479. The topological polar surface area (TPSA) is 122 Å². The SMILES string of the molecule is CCOC(=O)c1c(NNC(=O)c2ccccc2)n[nH]c1N. The highest BCUT2D eigenvalue weighted by molar-refractivity contribution is 6.00. The average Bonchev–Trinajstić information content (AvgIpc) is 2.87. The molecular weight excluding hydrogens is 274 g/mol. The fraction of sp³-hybridized carbons (Fsp3) is 0.154. The molecule has 1 aromatic carbocycles. The molecule has 0 bridgehead atoms. The first-order valence-corrected chi connectivity index (χ1v) is 6.25. The van der Waals surface area contributed by atoms with Crippen LogP contribution < -0.4 is 16.6 Å². The molecule has 0 unspecified atom stereocenters. The molecule has 1 aromatic heterocycles. The van der Waals surface area contributed by atoms with Gasteiger partial charge in [-0.3, -0.25) is 20.7 Å². The normalized spacial score (nSPS) is 9.95. The monoisotopic (exact) mass is 289 g/mol. The van der Waals surface area contributed by atoms with E-state index in [1.807, 2.05) is 0 Å². The maximum absolute atomic E-state index is 11.9. The predicted molar refractivity (Wildman–Crippen MR) is 76.5 cm³/mol. The Hall–Kier alpha value is -3.03. The minimum absolute atomic E-state index is 0.0465. The number of carbonyl (C=O) groups excluding carboxylic acids is 2. The van der Waals surface area contributed by atoms with Crippen LogP contribution in [0.15, 0.2) is 30.3 Å². The van der Waals surface area contributed by atoms with Gasteiger partial charge in [0.25, 0.3) is 5.91 Å². The largest absolute Gasteiger partial charge is 0.462 e. The number of nitrogens with two attached hydrogens (primary N) is 1. The first-order valence-electron chi connectivity index (χ1n) is 6.25. The number of nitrogen functional groups attached to an aromatic ring is 1. The van der Waals surface area contributed by atoms with Crippen LogP contribution >= 0.6 is 0 Å². The second-order valence-corrected chi connectivity index (χ2v) is 4.03. The Balaban J connectivity index is 2.07. The van der Waals surface area contributed by atoms with Gasteiger partial charge in [0, 0.05) is 5.56 Å². The van der Waals surface area contributed by atoms with Crippen LogP contribution in [-0.2, 0) is 4.74 Å². The lowest BCUT2D eigenvalue weighted by Gasteiger charge is -2.08. The second kappa shape index (κ2) is 6.42. The van der Waals surface area contributed by atoms with Gasteiger partial charge in [-0.1, -0.05) is 18.2 Å². The molecule has 21 heavy (non-hydrogen) atoms. The Morgan fingerprint density at radius 3 is 2.71 bits per heavy atom. The summed E-state index contributed by atoms with van der Waals surface area (Å²) in [7, 11) is 0. The van der Waals surface area contributed by atoms with Crippen molar-refractivity contribution >= 4 is 23.5 Å². The average molecular weight is 289 g/mol. The van der Waals surface area contributed by atoms with Crippen LogP contribution in [0.25, 0.3) is 0 Å².